The predicted molar refractivity (Wildman–Crippen MR) is 49.3 cm³/mol. The first kappa shape index (κ1) is 11.6. The molecule has 0 aliphatic carbocycles. The van der Waals surface area contributed by atoms with Gasteiger partial charge in [0, 0.05) is 5.56 Å². The second kappa shape index (κ2) is 4.82. The van der Waals surface area contributed by atoms with Crippen LogP contribution in [0.4, 0.5) is 8.78 Å². The molecule has 1 rings (SSSR count). The standard InChI is InChI=1S/C10H11F2NO2/c1-6(10(14)15)2-3-7-8(11)4-13-5-9(7)12/h4-6H,2-3H2,1H3,(H,14,15). The second-order valence-electron chi connectivity index (χ2n) is 3.36. The molecule has 1 atom stereocenters. The van der Waals surface area contributed by atoms with Gasteiger partial charge in [0.2, 0.25) is 0 Å². The minimum atomic E-state index is -0.968. The largest absolute Gasteiger partial charge is 0.481 e. The first-order valence-corrected chi connectivity index (χ1v) is 4.53. The highest BCUT2D eigenvalue weighted by Crippen LogP contribution is 2.15. The van der Waals surface area contributed by atoms with Gasteiger partial charge < -0.3 is 5.11 Å². The summed E-state index contributed by atoms with van der Waals surface area (Å²) < 4.78 is 26.1. The van der Waals surface area contributed by atoms with Crippen molar-refractivity contribution in [3.8, 4) is 0 Å². The van der Waals surface area contributed by atoms with E-state index in [1.807, 2.05) is 0 Å². The fraction of sp³-hybridized carbons (Fsp3) is 0.400. The van der Waals surface area contributed by atoms with Gasteiger partial charge in [-0.05, 0) is 12.8 Å². The van der Waals surface area contributed by atoms with Gasteiger partial charge in [-0.2, -0.15) is 0 Å². The second-order valence-corrected chi connectivity index (χ2v) is 3.36. The van der Waals surface area contributed by atoms with Crippen LogP contribution < -0.4 is 0 Å². The Hall–Kier alpha value is -1.52. The molecular weight excluding hydrogens is 204 g/mol. The minimum absolute atomic E-state index is 0.0631. The van der Waals surface area contributed by atoms with Crippen molar-refractivity contribution in [1.29, 1.82) is 0 Å². The van der Waals surface area contributed by atoms with Crippen LogP contribution in [0.1, 0.15) is 18.9 Å². The van der Waals surface area contributed by atoms with Gasteiger partial charge in [0.1, 0.15) is 11.6 Å². The highest BCUT2D eigenvalue weighted by atomic mass is 19.1. The molecule has 1 unspecified atom stereocenters. The van der Waals surface area contributed by atoms with Crippen LogP contribution in [-0.4, -0.2) is 16.1 Å². The van der Waals surface area contributed by atoms with Gasteiger partial charge in [-0.1, -0.05) is 6.92 Å². The fourth-order valence-electron chi connectivity index (χ4n) is 1.16. The van der Waals surface area contributed by atoms with Crippen molar-refractivity contribution in [2.45, 2.75) is 19.8 Å². The van der Waals surface area contributed by atoms with E-state index >= 15 is 0 Å². The normalized spacial score (nSPS) is 12.5. The van der Waals surface area contributed by atoms with E-state index in [1.54, 1.807) is 0 Å². The number of rotatable bonds is 4. The number of carboxylic acids is 1. The van der Waals surface area contributed by atoms with Gasteiger partial charge in [-0.25, -0.2) is 8.78 Å². The molecule has 5 heteroatoms. The average Bonchev–Trinajstić information content (AvgIpc) is 2.16. The summed E-state index contributed by atoms with van der Waals surface area (Å²) >= 11 is 0. The number of pyridine rings is 1. The lowest BCUT2D eigenvalue weighted by molar-refractivity contribution is -0.141. The van der Waals surface area contributed by atoms with Crippen LogP contribution in [0.2, 0.25) is 0 Å². The molecule has 1 N–H and O–H groups in total. The Bertz CT molecular complexity index is 348. The number of hydrogen-bond acceptors (Lipinski definition) is 2. The van der Waals surface area contributed by atoms with E-state index in [0.717, 1.165) is 12.4 Å². The molecule has 3 nitrogen and oxygen atoms in total. The highest BCUT2D eigenvalue weighted by Gasteiger charge is 2.14. The number of aliphatic carboxylic acids is 1. The third-order valence-corrected chi connectivity index (χ3v) is 2.20. The number of aromatic nitrogens is 1. The van der Waals surface area contributed by atoms with E-state index in [1.165, 1.54) is 6.92 Å². The Labute approximate surface area is 85.8 Å². The Morgan fingerprint density at radius 3 is 2.47 bits per heavy atom. The number of carbonyl (C=O) groups is 1. The summed E-state index contributed by atoms with van der Waals surface area (Å²) in [7, 11) is 0. The summed E-state index contributed by atoms with van der Waals surface area (Å²) in [4.78, 5) is 13.8. The van der Waals surface area contributed by atoms with Gasteiger partial charge in [0.15, 0.2) is 0 Å². The van der Waals surface area contributed by atoms with Crippen LogP contribution in [0.3, 0.4) is 0 Å². The zero-order chi connectivity index (χ0) is 11.4. The van der Waals surface area contributed by atoms with E-state index in [2.05, 4.69) is 4.98 Å². The van der Waals surface area contributed by atoms with Crippen LogP contribution in [0, 0.1) is 17.6 Å². The lowest BCUT2D eigenvalue weighted by atomic mass is 10.0. The molecular formula is C10H11F2NO2. The lowest BCUT2D eigenvalue weighted by Gasteiger charge is -2.07. The maximum Gasteiger partial charge on any atom is 0.306 e. The molecule has 0 aromatic carbocycles. The molecule has 1 aromatic rings. The zero-order valence-electron chi connectivity index (χ0n) is 8.20. The predicted octanol–water partition coefficient (Wildman–Crippen LogP) is 2.01. The van der Waals surface area contributed by atoms with Crippen molar-refractivity contribution in [2.24, 2.45) is 5.92 Å². The molecule has 0 radical (unpaired) electrons. The van der Waals surface area contributed by atoms with E-state index < -0.39 is 23.5 Å². The number of carboxylic acid groups (broad SMARTS) is 1. The molecule has 1 heterocycles. The quantitative estimate of drug-likeness (QED) is 0.835. The summed E-state index contributed by atoms with van der Waals surface area (Å²) in [6.07, 6.45) is 2.11. The average molecular weight is 215 g/mol. The minimum Gasteiger partial charge on any atom is -0.481 e. The molecule has 15 heavy (non-hydrogen) atoms. The molecule has 0 aliphatic rings. The first-order chi connectivity index (χ1) is 7.02. The van der Waals surface area contributed by atoms with Crippen molar-refractivity contribution < 1.29 is 18.7 Å². The lowest BCUT2D eigenvalue weighted by Crippen LogP contribution is -2.11. The van der Waals surface area contributed by atoms with Crippen molar-refractivity contribution in [3.63, 3.8) is 0 Å². The Kier molecular flexibility index (Phi) is 3.71. The van der Waals surface area contributed by atoms with Crippen molar-refractivity contribution in [2.75, 3.05) is 0 Å². The fourth-order valence-corrected chi connectivity index (χ4v) is 1.16. The van der Waals surface area contributed by atoms with E-state index in [-0.39, 0.29) is 18.4 Å². The summed E-state index contributed by atoms with van der Waals surface area (Å²) in [5.74, 6) is -3.04. The molecule has 0 bridgehead atoms. The third-order valence-electron chi connectivity index (χ3n) is 2.20. The summed E-state index contributed by atoms with van der Waals surface area (Å²) in [6.45, 7) is 1.50. The van der Waals surface area contributed by atoms with Crippen LogP contribution in [0.25, 0.3) is 0 Å². The van der Waals surface area contributed by atoms with Crippen molar-refractivity contribution in [3.05, 3.63) is 29.6 Å². The van der Waals surface area contributed by atoms with Crippen LogP contribution in [-0.2, 0) is 11.2 Å². The zero-order valence-corrected chi connectivity index (χ0v) is 8.20. The number of nitrogens with zero attached hydrogens (tertiary/aromatic N) is 1. The van der Waals surface area contributed by atoms with Crippen molar-refractivity contribution in [1.82, 2.24) is 4.98 Å². The third kappa shape index (κ3) is 2.97. The molecule has 0 fully saturated rings. The van der Waals surface area contributed by atoms with Crippen LogP contribution >= 0.6 is 0 Å². The van der Waals surface area contributed by atoms with Gasteiger partial charge in [0.05, 0.1) is 18.3 Å². The number of hydrogen-bond donors (Lipinski definition) is 1. The summed E-state index contributed by atoms with van der Waals surface area (Å²) in [5.41, 5.74) is -0.0990. The SMILES string of the molecule is CC(CCc1c(F)cncc1F)C(=O)O. The Balaban J connectivity index is 2.69. The Morgan fingerprint density at radius 2 is 2.00 bits per heavy atom. The molecule has 82 valence electrons. The highest BCUT2D eigenvalue weighted by molar-refractivity contribution is 5.69. The van der Waals surface area contributed by atoms with Crippen molar-refractivity contribution >= 4 is 5.97 Å². The van der Waals surface area contributed by atoms with Crippen LogP contribution in [0.15, 0.2) is 12.4 Å². The monoisotopic (exact) mass is 215 g/mol. The summed E-state index contributed by atoms with van der Waals surface area (Å²) in [6, 6.07) is 0. The van der Waals surface area contributed by atoms with E-state index in [9.17, 15) is 13.6 Å². The van der Waals surface area contributed by atoms with E-state index in [4.69, 9.17) is 5.11 Å². The maximum atomic E-state index is 13.1. The van der Waals surface area contributed by atoms with E-state index in [0.29, 0.717) is 0 Å². The van der Waals surface area contributed by atoms with Gasteiger partial charge in [0.25, 0.3) is 0 Å². The first-order valence-electron chi connectivity index (χ1n) is 4.53. The molecule has 0 spiro atoms. The smallest absolute Gasteiger partial charge is 0.306 e. The molecule has 0 saturated heterocycles. The molecule has 0 amide bonds. The molecule has 0 aliphatic heterocycles. The van der Waals surface area contributed by atoms with Gasteiger partial charge in [-0.15, -0.1) is 0 Å². The molecule has 1 aromatic heterocycles. The number of halogens is 2. The summed E-state index contributed by atoms with van der Waals surface area (Å²) in [5, 5.41) is 8.60. The van der Waals surface area contributed by atoms with Gasteiger partial charge in [-0.3, -0.25) is 9.78 Å². The van der Waals surface area contributed by atoms with Gasteiger partial charge >= 0.3 is 5.97 Å². The molecule has 0 saturated carbocycles. The Morgan fingerprint density at radius 1 is 1.47 bits per heavy atom. The topological polar surface area (TPSA) is 50.2 Å². The maximum absolute atomic E-state index is 13.1. The van der Waals surface area contributed by atoms with Crippen LogP contribution in [0.5, 0.6) is 0 Å².